The van der Waals surface area contributed by atoms with Crippen molar-refractivity contribution in [1.82, 2.24) is 15.0 Å². The van der Waals surface area contributed by atoms with Gasteiger partial charge in [-0.1, -0.05) is 18.2 Å². The van der Waals surface area contributed by atoms with Crippen molar-refractivity contribution in [1.29, 1.82) is 0 Å². The van der Waals surface area contributed by atoms with E-state index < -0.39 is 9.84 Å². The van der Waals surface area contributed by atoms with Gasteiger partial charge in [-0.25, -0.2) is 18.4 Å². The van der Waals surface area contributed by atoms with Crippen LogP contribution in [0, 0.1) is 0 Å². The Labute approximate surface area is 127 Å². The Bertz CT molecular complexity index is 919. The van der Waals surface area contributed by atoms with Crippen molar-refractivity contribution < 1.29 is 8.42 Å². The number of rotatable bonds is 4. The number of aromatic nitrogens is 3. The number of nitrogens with two attached hydrogens (primary N) is 1. The first kappa shape index (κ1) is 14.3. The Kier molecular flexibility index (Phi) is 3.45. The first-order valence-electron chi connectivity index (χ1n) is 6.72. The number of benzene rings is 1. The van der Waals surface area contributed by atoms with E-state index in [2.05, 4.69) is 20.3 Å². The number of nitrogens with one attached hydrogen (secondary N) is 2. The standard InChI is InChI=1S/C14H15N5O2S/c1-2-16-14-11-10(17-8-18-14)12(13(15)19-11)22(20,21)9-6-4-3-5-7-9/h3-8,19H,2,15H2,1H3,(H,16,17,18). The van der Waals surface area contributed by atoms with Crippen LogP contribution in [0.5, 0.6) is 0 Å². The molecular weight excluding hydrogens is 302 g/mol. The van der Waals surface area contributed by atoms with Crippen LogP contribution in [0.25, 0.3) is 11.0 Å². The lowest BCUT2D eigenvalue weighted by molar-refractivity contribution is 0.597. The molecule has 2 heterocycles. The molecule has 3 rings (SSSR count). The number of aromatic amines is 1. The van der Waals surface area contributed by atoms with E-state index in [4.69, 9.17) is 5.73 Å². The molecule has 0 unspecified atom stereocenters. The Balaban J connectivity index is 2.28. The van der Waals surface area contributed by atoms with Crippen LogP contribution in [0.3, 0.4) is 0 Å². The van der Waals surface area contributed by atoms with Crippen molar-refractivity contribution in [3.05, 3.63) is 36.7 Å². The fourth-order valence-electron chi connectivity index (χ4n) is 2.29. The van der Waals surface area contributed by atoms with Gasteiger partial charge in [-0.3, -0.25) is 0 Å². The Morgan fingerprint density at radius 1 is 1.23 bits per heavy atom. The largest absolute Gasteiger partial charge is 0.384 e. The summed E-state index contributed by atoms with van der Waals surface area (Å²) in [7, 11) is -3.76. The molecule has 114 valence electrons. The third-order valence-electron chi connectivity index (χ3n) is 3.23. The second-order valence-corrected chi connectivity index (χ2v) is 6.55. The van der Waals surface area contributed by atoms with E-state index in [-0.39, 0.29) is 21.1 Å². The molecule has 1 aromatic carbocycles. The van der Waals surface area contributed by atoms with Crippen molar-refractivity contribution in [2.75, 3.05) is 17.6 Å². The lowest BCUT2D eigenvalue weighted by atomic mass is 10.4. The van der Waals surface area contributed by atoms with E-state index in [0.717, 1.165) is 0 Å². The van der Waals surface area contributed by atoms with Crippen molar-refractivity contribution in [2.24, 2.45) is 0 Å². The topological polar surface area (TPSA) is 114 Å². The normalized spacial score (nSPS) is 11.7. The first-order chi connectivity index (χ1) is 10.6. The molecule has 0 atom stereocenters. The van der Waals surface area contributed by atoms with E-state index in [9.17, 15) is 8.42 Å². The molecule has 0 bridgehead atoms. The molecule has 0 aliphatic heterocycles. The third kappa shape index (κ3) is 2.17. The fourth-order valence-corrected chi connectivity index (χ4v) is 3.79. The predicted octanol–water partition coefficient (Wildman–Crippen LogP) is 1.80. The average Bonchev–Trinajstić information content (AvgIpc) is 2.86. The maximum atomic E-state index is 12.8. The van der Waals surface area contributed by atoms with Crippen LogP contribution >= 0.6 is 0 Å². The number of fused-ring (bicyclic) bond motifs is 1. The van der Waals surface area contributed by atoms with Gasteiger partial charge in [0.2, 0.25) is 9.84 Å². The SMILES string of the molecule is CCNc1ncnc2c(S(=O)(=O)c3ccccc3)c(N)[nH]c12. The summed E-state index contributed by atoms with van der Waals surface area (Å²) in [4.78, 5) is 11.2. The van der Waals surface area contributed by atoms with Gasteiger partial charge in [0, 0.05) is 6.54 Å². The molecule has 0 aliphatic carbocycles. The summed E-state index contributed by atoms with van der Waals surface area (Å²) in [5, 5.41) is 3.05. The van der Waals surface area contributed by atoms with Crippen molar-refractivity contribution >= 4 is 32.5 Å². The minimum atomic E-state index is -3.76. The highest BCUT2D eigenvalue weighted by Crippen LogP contribution is 2.33. The van der Waals surface area contributed by atoms with Gasteiger partial charge in [-0.15, -0.1) is 0 Å². The molecule has 0 radical (unpaired) electrons. The van der Waals surface area contributed by atoms with Crippen LogP contribution in [-0.4, -0.2) is 29.9 Å². The van der Waals surface area contributed by atoms with E-state index in [1.165, 1.54) is 18.5 Å². The molecule has 2 aromatic heterocycles. The lowest BCUT2D eigenvalue weighted by Crippen LogP contribution is -2.05. The monoisotopic (exact) mass is 317 g/mol. The summed E-state index contributed by atoms with van der Waals surface area (Å²) in [5.74, 6) is 0.576. The number of nitrogen functional groups attached to an aromatic ring is 1. The zero-order valence-electron chi connectivity index (χ0n) is 11.9. The highest BCUT2D eigenvalue weighted by atomic mass is 32.2. The van der Waals surface area contributed by atoms with Crippen LogP contribution < -0.4 is 11.1 Å². The fraction of sp³-hybridized carbons (Fsp3) is 0.143. The summed E-state index contributed by atoms with van der Waals surface area (Å²) in [5.41, 5.74) is 6.68. The second kappa shape index (κ2) is 5.30. The Morgan fingerprint density at radius 3 is 2.64 bits per heavy atom. The maximum Gasteiger partial charge on any atom is 0.212 e. The van der Waals surface area contributed by atoms with Gasteiger partial charge >= 0.3 is 0 Å². The van der Waals surface area contributed by atoms with E-state index in [1.807, 2.05) is 6.92 Å². The Morgan fingerprint density at radius 2 is 1.95 bits per heavy atom. The number of nitrogens with zero attached hydrogens (tertiary/aromatic N) is 2. The van der Waals surface area contributed by atoms with Crippen molar-refractivity contribution in [3.8, 4) is 0 Å². The molecule has 7 nitrogen and oxygen atoms in total. The molecular formula is C14H15N5O2S. The van der Waals surface area contributed by atoms with Gasteiger partial charge in [-0.05, 0) is 19.1 Å². The number of sulfone groups is 1. The van der Waals surface area contributed by atoms with Crippen LogP contribution in [-0.2, 0) is 9.84 Å². The average molecular weight is 317 g/mol. The molecule has 0 saturated carbocycles. The van der Waals surface area contributed by atoms with Gasteiger partial charge in [0.15, 0.2) is 5.82 Å². The second-order valence-electron chi connectivity index (χ2n) is 4.66. The zero-order chi connectivity index (χ0) is 15.7. The Hall–Kier alpha value is -2.61. The van der Waals surface area contributed by atoms with Crippen LogP contribution in [0.4, 0.5) is 11.6 Å². The van der Waals surface area contributed by atoms with E-state index >= 15 is 0 Å². The molecule has 8 heteroatoms. The molecule has 0 fully saturated rings. The van der Waals surface area contributed by atoms with Gasteiger partial charge in [0.05, 0.1) is 4.90 Å². The molecule has 3 aromatic rings. The number of hydrogen-bond donors (Lipinski definition) is 3. The van der Waals surface area contributed by atoms with Gasteiger partial charge < -0.3 is 16.0 Å². The summed E-state index contributed by atoms with van der Waals surface area (Å²) in [6.07, 6.45) is 1.32. The maximum absolute atomic E-state index is 12.8. The molecule has 4 N–H and O–H groups in total. The van der Waals surface area contributed by atoms with Gasteiger partial charge in [0.25, 0.3) is 0 Å². The number of H-pyrrole nitrogens is 1. The van der Waals surface area contributed by atoms with E-state index in [1.54, 1.807) is 18.2 Å². The summed E-state index contributed by atoms with van der Waals surface area (Å²) < 4.78 is 25.6. The smallest absolute Gasteiger partial charge is 0.212 e. The molecule has 0 spiro atoms. The van der Waals surface area contributed by atoms with Crippen LogP contribution in [0.1, 0.15) is 6.92 Å². The predicted molar refractivity (Wildman–Crippen MR) is 84.4 cm³/mol. The summed E-state index contributed by atoms with van der Waals surface area (Å²) >= 11 is 0. The van der Waals surface area contributed by atoms with Crippen LogP contribution in [0.2, 0.25) is 0 Å². The lowest BCUT2D eigenvalue weighted by Gasteiger charge is -2.04. The highest BCUT2D eigenvalue weighted by molar-refractivity contribution is 7.92. The third-order valence-corrected chi connectivity index (χ3v) is 5.08. The first-order valence-corrected chi connectivity index (χ1v) is 8.20. The van der Waals surface area contributed by atoms with Gasteiger partial charge in [-0.2, -0.15) is 0 Å². The molecule has 0 aliphatic rings. The number of hydrogen-bond acceptors (Lipinski definition) is 6. The minimum absolute atomic E-state index is 0.0183. The van der Waals surface area contributed by atoms with Crippen molar-refractivity contribution in [2.45, 2.75) is 16.7 Å². The highest BCUT2D eigenvalue weighted by Gasteiger charge is 2.27. The molecule has 22 heavy (non-hydrogen) atoms. The molecule has 0 saturated heterocycles. The number of anilines is 2. The summed E-state index contributed by atoms with van der Waals surface area (Å²) in [6, 6.07) is 8.14. The van der Waals surface area contributed by atoms with Gasteiger partial charge in [0.1, 0.15) is 28.1 Å². The zero-order valence-corrected chi connectivity index (χ0v) is 12.7. The van der Waals surface area contributed by atoms with E-state index in [0.29, 0.717) is 17.9 Å². The quantitative estimate of drug-likeness (QED) is 0.676. The van der Waals surface area contributed by atoms with Crippen LogP contribution in [0.15, 0.2) is 46.5 Å². The molecule has 0 amide bonds. The minimum Gasteiger partial charge on any atom is -0.384 e. The summed E-state index contributed by atoms with van der Waals surface area (Å²) in [6.45, 7) is 2.56. The van der Waals surface area contributed by atoms with Crippen molar-refractivity contribution in [3.63, 3.8) is 0 Å².